The molecule has 2 aromatic rings. The molecule has 2 aromatic carbocycles. The predicted octanol–water partition coefficient (Wildman–Crippen LogP) is 3.99. The Hall–Kier alpha value is -2.05. The molecular formula is C21H30N2O3S. The van der Waals surface area contributed by atoms with Gasteiger partial charge in [0.05, 0.1) is 17.7 Å². The number of methoxy groups -OCH3 is 1. The second-order valence-corrected chi connectivity index (χ2v) is 8.17. The van der Waals surface area contributed by atoms with Crippen molar-refractivity contribution in [1.82, 2.24) is 5.32 Å². The Labute approximate surface area is 163 Å². The second-order valence-electron chi connectivity index (χ2n) is 6.49. The number of likely N-dealkylation sites (N-methyl/N-ethyl adjacent to an activating group) is 1. The summed E-state index contributed by atoms with van der Waals surface area (Å²) < 4.78 is 33.6. The molecule has 0 aliphatic carbocycles. The maximum absolute atomic E-state index is 12.8. The number of nitrogens with one attached hydrogen (secondary N) is 2. The first-order chi connectivity index (χ1) is 13.0. The number of rotatable bonds is 11. The molecule has 0 atom stereocenters. The van der Waals surface area contributed by atoms with E-state index in [-0.39, 0.29) is 4.90 Å². The zero-order chi connectivity index (χ0) is 19.7. The molecule has 0 unspecified atom stereocenters. The molecule has 0 spiro atoms. The number of aryl methyl sites for hydroxylation is 1. The minimum atomic E-state index is -3.67. The van der Waals surface area contributed by atoms with Crippen molar-refractivity contribution in [3.8, 4) is 5.75 Å². The van der Waals surface area contributed by atoms with Crippen LogP contribution >= 0.6 is 0 Å². The first-order valence-corrected chi connectivity index (χ1v) is 11.0. The van der Waals surface area contributed by atoms with E-state index in [0.717, 1.165) is 49.9 Å². The van der Waals surface area contributed by atoms with Gasteiger partial charge < -0.3 is 10.1 Å². The summed E-state index contributed by atoms with van der Waals surface area (Å²) >= 11 is 0. The van der Waals surface area contributed by atoms with Crippen LogP contribution in [0.15, 0.2) is 47.4 Å². The fourth-order valence-corrected chi connectivity index (χ4v) is 3.88. The molecule has 0 saturated heterocycles. The lowest BCUT2D eigenvalue weighted by atomic mass is 10.1. The van der Waals surface area contributed by atoms with E-state index >= 15 is 0 Å². The average molecular weight is 391 g/mol. The van der Waals surface area contributed by atoms with Gasteiger partial charge in [0.25, 0.3) is 10.0 Å². The Kier molecular flexibility index (Phi) is 8.13. The molecule has 2 N–H and O–H groups in total. The molecule has 0 heterocycles. The summed E-state index contributed by atoms with van der Waals surface area (Å²) in [6, 6.07) is 12.7. The van der Waals surface area contributed by atoms with E-state index in [1.807, 2.05) is 24.3 Å². The molecule has 0 aliphatic rings. The number of ether oxygens (including phenoxy) is 1. The Morgan fingerprint density at radius 1 is 0.963 bits per heavy atom. The Balaban J connectivity index is 2.18. The van der Waals surface area contributed by atoms with Crippen LogP contribution in [0.2, 0.25) is 0 Å². The lowest BCUT2D eigenvalue weighted by molar-refractivity contribution is 0.416. The van der Waals surface area contributed by atoms with E-state index < -0.39 is 10.0 Å². The quantitative estimate of drug-likeness (QED) is 0.569. The molecule has 0 aliphatic heterocycles. The molecule has 148 valence electrons. The molecule has 5 nitrogen and oxygen atoms in total. The molecule has 0 fully saturated rings. The van der Waals surface area contributed by atoms with Gasteiger partial charge in [-0.25, -0.2) is 8.42 Å². The highest BCUT2D eigenvalue weighted by Crippen LogP contribution is 2.28. The van der Waals surface area contributed by atoms with Crippen molar-refractivity contribution < 1.29 is 13.2 Å². The lowest BCUT2D eigenvalue weighted by Crippen LogP contribution is -2.17. The lowest BCUT2D eigenvalue weighted by Gasteiger charge is -2.14. The first-order valence-electron chi connectivity index (χ1n) is 9.49. The van der Waals surface area contributed by atoms with Gasteiger partial charge >= 0.3 is 0 Å². The summed E-state index contributed by atoms with van der Waals surface area (Å²) in [6.45, 7) is 5.95. The van der Waals surface area contributed by atoms with Crippen LogP contribution < -0.4 is 14.8 Å². The highest BCUT2D eigenvalue weighted by Gasteiger charge is 2.17. The van der Waals surface area contributed by atoms with Crippen molar-refractivity contribution >= 4 is 15.7 Å². The van der Waals surface area contributed by atoms with Crippen LogP contribution in [-0.4, -0.2) is 28.6 Å². The number of hydrogen-bond acceptors (Lipinski definition) is 4. The fourth-order valence-electron chi connectivity index (χ4n) is 2.82. The standard InChI is InChI=1S/C21H30N2O3S/c1-4-6-7-17-8-11-19(12-9-17)27(24,25)23-20-16-18(14-15-22-5-2)10-13-21(20)26-3/h8-13,16,22-23H,4-7,14-15H2,1-3H3. The summed E-state index contributed by atoms with van der Waals surface area (Å²) in [5.41, 5.74) is 2.66. The van der Waals surface area contributed by atoms with Crippen LogP contribution in [0.1, 0.15) is 37.8 Å². The van der Waals surface area contributed by atoms with Crippen LogP contribution in [0.25, 0.3) is 0 Å². The zero-order valence-corrected chi connectivity index (χ0v) is 17.2. The molecule has 0 saturated carbocycles. The van der Waals surface area contributed by atoms with Gasteiger partial charge in [-0.1, -0.05) is 38.5 Å². The molecule has 0 amide bonds. The monoisotopic (exact) mass is 390 g/mol. The van der Waals surface area contributed by atoms with Crippen LogP contribution in [0.3, 0.4) is 0 Å². The van der Waals surface area contributed by atoms with Crippen molar-refractivity contribution in [1.29, 1.82) is 0 Å². The largest absolute Gasteiger partial charge is 0.495 e. The third-order valence-electron chi connectivity index (χ3n) is 4.40. The molecule has 2 rings (SSSR count). The highest BCUT2D eigenvalue weighted by atomic mass is 32.2. The van der Waals surface area contributed by atoms with Gasteiger partial charge in [0.15, 0.2) is 0 Å². The topological polar surface area (TPSA) is 67.4 Å². The van der Waals surface area contributed by atoms with E-state index in [1.165, 1.54) is 7.11 Å². The zero-order valence-electron chi connectivity index (χ0n) is 16.4. The van der Waals surface area contributed by atoms with E-state index in [2.05, 4.69) is 23.9 Å². The van der Waals surface area contributed by atoms with Gasteiger partial charge in [0.2, 0.25) is 0 Å². The van der Waals surface area contributed by atoms with Crippen molar-refractivity contribution in [2.75, 3.05) is 24.9 Å². The number of anilines is 1. The summed E-state index contributed by atoms with van der Waals surface area (Å²) in [4.78, 5) is 0.253. The number of benzene rings is 2. The molecular weight excluding hydrogens is 360 g/mol. The van der Waals surface area contributed by atoms with Crippen LogP contribution in [-0.2, 0) is 22.9 Å². The van der Waals surface area contributed by atoms with E-state index in [4.69, 9.17) is 4.74 Å². The van der Waals surface area contributed by atoms with Crippen molar-refractivity contribution in [2.45, 2.75) is 44.4 Å². The predicted molar refractivity (Wildman–Crippen MR) is 111 cm³/mol. The minimum absolute atomic E-state index is 0.253. The van der Waals surface area contributed by atoms with Crippen molar-refractivity contribution in [3.63, 3.8) is 0 Å². The first kappa shape index (κ1) is 21.3. The van der Waals surface area contributed by atoms with Gasteiger partial charge in [0.1, 0.15) is 5.75 Å². The summed E-state index contributed by atoms with van der Waals surface area (Å²) in [5, 5.41) is 3.27. The molecule has 0 aromatic heterocycles. The Bertz CT molecular complexity index is 818. The van der Waals surface area contributed by atoms with Gasteiger partial charge in [-0.3, -0.25) is 4.72 Å². The summed E-state index contributed by atoms with van der Waals surface area (Å²) in [6.07, 6.45) is 4.00. The van der Waals surface area contributed by atoms with E-state index in [0.29, 0.717) is 11.4 Å². The highest BCUT2D eigenvalue weighted by molar-refractivity contribution is 7.92. The Morgan fingerprint density at radius 3 is 2.30 bits per heavy atom. The molecule has 0 bridgehead atoms. The SMILES string of the molecule is CCCCc1ccc(S(=O)(=O)Nc2cc(CCNCC)ccc2OC)cc1. The van der Waals surface area contributed by atoms with Gasteiger partial charge in [-0.15, -0.1) is 0 Å². The minimum Gasteiger partial charge on any atom is -0.495 e. The van der Waals surface area contributed by atoms with E-state index in [1.54, 1.807) is 18.2 Å². The molecule has 0 radical (unpaired) electrons. The van der Waals surface area contributed by atoms with Gasteiger partial charge in [-0.05, 0) is 67.7 Å². The third-order valence-corrected chi connectivity index (χ3v) is 5.78. The normalized spacial score (nSPS) is 11.4. The Morgan fingerprint density at radius 2 is 1.67 bits per heavy atom. The maximum Gasteiger partial charge on any atom is 0.262 e. The van der Waals surface area contributed by atoms with Crippen molar-refractivity contribution in [2.24, 2.45) is 0 Å². The second kappa shape index (κ2) is 10.3. The van der Waals surface area contributed by atoms with Crippen molar-refractivity contribution in [3.05, 3.63) is 53.6 Å². The molecule has 27 heavy (non-hydrogen) atoms. The third kappa shape index (κ3) is 6.26. The molecule has 6 heteroatoms. The van der Waals surface area contributed by atoms with E-state index in [9.17, 15) is 8.42 Å². The number of hydrogen-bond donors (Lipinski definition) is 2. The average Bonchev–Trinajstić information content (AvgIpc) is 2.67. The number of sulfonamides is 1. The smallest absolute Gasteiger partial charge is 0.262 e. The fraction of sp³-hybridized carbons (Fsp3) is 0.429. The summed E-state index contributed by atoms with van der Waals surface area (Å²) in [5.74, 6) is 0.505. The number of unbranched alkanes of at least 4 members (excludes halogenated alkanes) is 1. The van der Waals surface area contributed by atoms with Crippen LogP contribution in [0, 0.1) is 0 Å². The van der Waals surface area contributed by atoms with Crippen LogP contribution in [0.5, 0.6) is 5.75 Å². The maximum atomic E-state index is 12.8. The van der Waals surface area contributed by atoms with Crippen LogP contribution in [0.4, 0.5) is 5.69 Å². The van der Waals surface area contributed by atoms with Gasteiger partial charge in [-0.2, -0.15) is 0 Å². The van der Waals surface area contributed by atoms with Gasteiger partial charge in [0, 0.05) is 0 Å². The summed E-state index contributed by atoms with van der Waals surface area (Å²) in [7, 11) is -2.14.